The molecule has 0 spiro atoms. The van der Waals surface area contributed by atoms with Gasteiger partial charge < -0.3 is 10.0 Å². The predicted octanol–water partition coefficient (Wildman–Crippen LogP) is 2.93. The first-order chi connectivity index (χ1) is 9.67. The number of aliphatic carboxylic acids is 1. The van der Waals surface area contributed by atoms with Crippen molar-refractivity contribution in [1.29, 1.82) is 0 Å². The molecule has 0 aliphatic carbocycles. The molecule has 4 nitrogen and oxygen atoms in total. The number of likely N-dealkylation sites (tertiary alicyclic amines) is 1. The van der Waals surface area contributed by atoms with Crippen molar-refractivity contribution in [3.8, 4) is 0 Å². The lowest BCUT2D eigenvalue weighted by atomic mass is 9.86. The largest absolute Gasteiger partial charge is 0.481 e. The average molecular weight is 366 g/mol. The molecule has 0 saturated carbocycles. The van der Waals surface area contributed by atoms with E-state index in [9.17, 15) is 22.8 Å². The number of rotatable bonds is 2. The summed E-state index contributed by atoms with van der Waals surface area (Å²) >= 11 is 3.17. The molecule has 1 saturated heterocycles. The molecule has 1 atom stereocenters. The van der Waals surface area contributed by atoms with Crippen LogP contribution in [0.25, 0.3) is 0 Å². The maximum atomic E-state index is 13.0. The summed E-state index contributed by atoms with van der Waals surface area (Å²) in [7, 11) is 0. The third kappa shape index (κ3) is 2.76. The summed E-state index contributed by atoms with van der Waals surface area (Å²) in [5, 5.41) is 8.95. The van der Waals surface area contributed by atoms with E-state index >= 15 is 0 Å². The van der Waals surface area contributed by atoms with Crippen molar-refractivity contribution in [3.05, 3.63) is 34.3 Å². The van der Waals surface area contributed by atoms with E-state index in [4.69, 9.17) is 5.11 Å². The SMILES string of the molecule is O=C(c1cccc(Br)c1)N1CCC(C(=O)O)(C(F)(F)F)C1. The van der Waals surface area contributed by atoms with Crippen LogP contribution >= 0.6 is 15.9 Å². The van der Waals surface area contributed by atoms with Crippen LogP contribution in [-0.2, 0) is 4.79 Å². The highest BCUT2D eigenvalue weighted by Crippen LogP contribution is 2.46. The van der Waals surface area contributed by atoms with E-state index < -0.39 is 36.4 Å². The summed E-state index contributed by atoms with van der Waals surface area (Å²) in [5.74, 6) is -2.55. The number of nitrogens with zero attached hydrogens (tertiary/aromatic N) is 1. The molecule has 2 rings (SSSR count). The van der Waals surface area contributed by atoms with Gasteiger partial charge in [0.05, 0.1) is 0 Å². The van der Waals surface area contributed by atoms with Gasteiger partial charge in [-0.3, -0.25) is 9.59 Å². The number of carbonyl (C=O) groups is 2. The zero-order chi connectivity index (χ0) is 15.8. The second-order valence-electron chi connectivity index (χ2n) is 4.87. The number of carboxylic acids is 1. The van der Waals surface area contributed by atoms with Gasteiger partial charge >= 0.3 is 12.1 Å². The highest BCUT2D eigenvalue weighted by molar-refractivity contribution is 9.10. The van der Waals surface area contributed by atoms with Crippen LogP contribution in [0.4, 0.5) is 13.2 Å². The Labute approximate surface area is 126 Å². The van der Waals surface area contributed by atoms with Crippen molar-refractivity contribution >= 4 is 27.8 Å². The molecule has 21 heavy (non-hydrogen) atoms. The fraction of sp³-hybridized carbons (Fsp3) is 0.385. The number of halogens is 4. The van der Waals surface area contributed by atoms with Gasteiger partial charge in [-0.25, -0.2) is 0 Å². The fourth-order valence-corrected chi connectivity index (χ4v) is 2.71. The molecule has 0 bridgehead atoms. The standard InChI is InChI=1S/C13H11BrF3NO3/c14-9-3-1-2-8(6-9)10(19)18-5-4-12(7-18,11(20)21)13(15,16)17/h1-3,6H,4-5,7H2,(H,20,21). The van der Waals surface area contributed by atoms with Crippen molar-refractivity contribution in [3.63, 3.8) is 0 Å². The lowest BCUT2D eigenvalue weighted by Gasteiger charge is -2.27. The molecule has 0 aromatic heterocycles. The van der Waals surface area contributed by atoms with Crippen molar-refractivity contribution < 1.29 is 27.9 Å². The van der Waals surface area contributed by atoms with Gasteiger partial charge in [0.15, 0.2) is 5.41 Å². The van der Waals surface area contributed by atoms with Crippen LogP contribution in [0.3, 0.4) is 0 Å². The van der Waals surface area contributed by atoms with Crippen LogP contribution in [0.1, 0.15) is 16.8 Å². The number of carbonyl (C=O) groups excluding carboxylic acids is 1. The Balaban J connectivity index is 2.26. The van der Waals surface area contributed by atoms with Gasteiger partial charge in [0.25, 0.3) is 5.91 Å². The minimum atomic E-state index is -4.90. The highest BCUT2D eigenvalue weighted by Gasteiger charge is 2.64. The van der Waals surface area contributed by atoms with Crippen molar-refractivity contribution in [1.82, 2.24) is 4.90 Å². The molecular weight excluding hydrogens is 355 g/mol. The molecular formula is C13H11BrF3NO3. The first-order valence-electron chi connectivity index (χ1n) is 6.02. The Morgan fingerprint density at radius 3 is 2.48 bits per heavy atom. The molecule has 114 valence electrons. The topological polar surface area (TPSA) is 57.6 Å². The zero-order valence-electron chi connectivity index (χ0n) is 10.7. The summed E-state index contributed by atoms with van der Waals surface area (Å²) in [6.45, 7) is -1.10. The Kier molecular flexibility index (Phi) is 4.01. The Hall–Kier alpha value is -1.57. The van der Waals surface area contributed by atoms with E-state index in [-0.39, 0.29) is 12.1 Å². The third-order valence-corrected chi connectivity index (χ3v) is 4.07. The van der Waals surface area contributed by atoms with E-state index in [1.807, 2.05) is 0 Å². The fourth-order valence-electron chi connectivity index (χ4n) is 2.31. The molecule has 1 unspecified atom stereocenters. The first-order valence-corrected chi connectivity index (χ1v) is 6.82. The average Bonchev–Trinajstić information content (AvgIpc) is 2.83. The van der Waals surface area contributed by atoms with E-state index in [0.29, 0.717) is 4.47 Å². The quantitative estimate of drug-likeness (QED) is 0.876. The van der Waals surface area contributed by atoms with Crippen molar-refractivity contribution in [2.75, 3.05) is 13.1 Å². The number of benzene rings is 1. The molecule has 1 amide bonds. The van der Waals surface area contributed by atoms with E-state index in [1.54, 1.807) is 12.1 Å². The van der Waals surface area contributed by atoms with Crippen LogP contribution in [0.15, 0.2) is 28.7 Å². The second kappa shape index (κ2) is 5.32. The molecule has 1 aromatic rings. The summed E-state index contributed by atoms with van der Waals surface area (Å²) in [6.07, 6.45) is -5.53. The maximum absolute atomic E-state index is 13.0. The number of hydrogen-bond donors (Lipinski definition) is 1. The van der Waals surface area contributed by atoms with Gasteiger partial charge in [-0.05, 0) is 24.6 Å². The van der Waals surface area contributed by atoms with Crippen LogP contribution in [-0.4, -0.2) is 41.1 Å². The third-order valence-electron chi connectivity index (χ3n) is 3.58. The Morgan fingerprint density at radius 1 is 1.33 bits per heavy atom. The van der Waals surface area contributed by atoms with Crippen LogP contribution in [0.5, 0.6) is 0 Å². The number of amides is 1. The van der Waals surface area contributed by atoms with E-state index in [2.05, 4.69) is 15.9 Å². The van der Waals surface area contributed by atoms with Crippen LogP contribution in [0.2, 0.25) is 0 Å². The molecule has 1 aliphatic rings. The Morgan fingerprint density at radius 2 is 2.00 bits per heavy atom. The molecule has 1 aromatic carbocycles. The second-order valence-corrected chi connectivity index (χ2v) is 5.79. The van der Waals surface area contributed by atoms with Crippen molar-refractivity contribution in [2.24, 2.45) is 5.41 Å². The lowest BCUT2D eigenvalue weighted by Crippen LogP contribution is -2.47. The summed E-state index contributed by atoms with van der Waals surface area (Å²) in [4.78, 5) is 24.2. The summed E-state index contributed by atoms with van der Waals surface area (Å²) < 4.78 is 39.7. The molecule has 1 fully saturated rings. The van der Waals surface area contributed by atoms with Gasteiger partial charge in [-0.1, -0.05) is 22.0 Å². The predicted molar refractivity (Wildman–Crippen MR) is 70.8 cm³/mol. The lowest BCUT2D eigenvalue weighted by molar-refractivity contribution is -0.227. The highest BCUT2D eigenvalue weighted by atomic mass is 79.9. The van der Waals surface area contributed by atoms with Gasteiger partial charge in [0.2, 0.25) is 0 Å². The van der Waals surface area contributed by atoms with E-state index in [0.717, 1.165) is 4.90 Å². The molecule has 1 heterocycles. The molecule has 0 radical (unpaired) electrons. The van der Waals surface area contributed by atoms with Crippen LogP contribution < -0.4 is 0 Å². The normalized spacial score (nSPS) is 22.4. The van der Waals surface area contributed by atoms with Gasteiger partial charge in [-0.2, -0.15) is 13.2 Å². The Bertz CT molecular complexity index is 590. The summed E-state index contributed by atoms with van der Waals surface area (Å²) in [6, 6.07) is 6.22. The van der Waals surface area contributed by atoms with Crippen LogP contribution in [0, 0.1) is 5.41 Å². The van der Waals surface area contributed by atoms with Crippen molar-refractivity contribution in [2.45, 2.75) is 12.6 Å². The number of carboxylic acid groups (broad SMARTS) is 1. The smallest absolute Gasteiger partial charge is 0.406 e. The molecule has 8 heteroatoms. The first kappa shape index (κ1) is 15.8. The maximum Gasteiger partial charge on any atom is 0.406 e. The summed E-state index contributed by atoms with van der Waals surface area (Å²) in [5.41, 5.74) is -2.66. The zero-order valence-corrected chi connectivity index (χ0v) is 12.2. The monoisotopic (exact) mass is 365 g/mol. The number of hydrogen-bond acceptors (Lipinski definition) is 2. The van der Waals surface area contributed by atoms with Gasteiger partial charge in [0.1, 0.15) is 0 Å². The number of alkyl halides is 3. The molecule has 1 N–H and O–H groups in total. The van der Waals surface area contributed by atoms with E-state index in [1.165, 1.54) is 12.1 Å². The molecule has 1 aliphatic heterocycles. The minimum Gasteiger partial charge on any atom is -0.481 e. The van der Waals surface area contributed by atoms with Gasteiger partial charge in [-0.15, -0.1) is 0 Å². The van der Waals surface area contributed by atoms with Gasteiger partial charge in [0, 0.05) is 23.1 Å². The minimum absolute atomic E-state index is 0.215.